The number of rotatable bonds is 3. The maximum Gasteiger partial charge on any atom is 0.321 e. The van der Waals surface area contributed by atoms with Crippen molar-refractivity contribution in [1.82, 2.24) is 10.2 Å². The third-order valence-electron chi connectivity index (χ3n) is 3.00. The standard InChI is InChI=1S/C13H17Cl2N3O2/c1-18(8-10-7-16-4-5-20-10)13(19)17-9-2-3-11(14)12(15)6-9/h2-3,6,10,16H,4-5,7-8H2,1H3,(H,17,19). The molecule has 1 aliphatic heterocycles. The minimum absolute atomic E-state index is 0.0216. The molecule has 0 spiro atoms. The van der Waals surface area contributed by atoms with E-state index < -0.39 is 0 Å². The molecule has 0 aromatic heterocycles. The molecule has 5 nitrogen and oxygen atoms in total. The molecule has 1 atom stereocenters. The Hall–Kier alpha value is -1.01. The van der Waals surface area contributed by atoms with Crippen LogP contribution in [0.4, 0.5) is 10.5 Å². The van der Waals surface area contributed by atoms with Crippen molar-refractivity contribution >= 4 is 34.9 Å². The van der Waals surface area contributed by atoms with E-state index in [9.17, 15) is 4.79 Å². The Balaban J connectivity index is 1.88. The van der Waals surface area contributed by atoms with Gasteiger partial charge in [0, 0.05) is 32.4 Å². The quantitative estimate of drug-likeness (QED) is 0.900. The molecule has 2 N–H and O–H groups in total. The number of hydrogen-bond donors (Lipinski definition) is 2. The highest BCUT2D eigenvalue weighted by molar-refractivity contribution is 6.42. The second-order valence-corrected chi connectivity index (χ2v) is 5.45. The van der Waals surface area contributed by atoms with Crippen LogP contribution in [0.3, 0.4) is 0 Å². The number of amides is 2. The van der Waals surface area contributed by atoms with Gasteiger partial charge in [-0.2, -0.15) is 0 Å². The fourth-order valence-electron chi connectivity index (χ4n) is 1.92. The lowest BCUT2D eigenvalue weighted by molar-refractivity contribution is 0.0164. The highest BCUT2D eigenvalue weighted by Gasteiger charge is 2.18. The number of carbonyl (C=O) groups is 1. The molecule has 0 saturated carbocycles. The summed E-state index contributed by atoms with van der Waals surface area (Å²) in [5.74, 6) is 0. The van der Waals surface area contributed by atoms with E-state index in [1.807, 2.05) is 0 Å². The Kier molecular flexibility index (Phi) is 5.48. The first-order valence-corrected chi connectivity index (χ1v) is 7.11. The van der Waals surface area contributed by atoms with Gasteiger partial charge in [0.1, 0.15) is 0 Å². The van der Waals surface area contributed by atoms with Gasteiger partial charge >= 0.3 is 6.03 Å². The zero-order valence-electron chi connectivity index (χ0n) is 11.2. The second-order valence-electron chi connectivity index (χ2n) is 4.64. The van der Waals surface area contributed by atoms with Crippen molar-refractivity contribution in [2.45, 2.75) is 6.10 Å². The SMILES string of the molecule is CN(CC1CNCCO1)C(=O)Nc1ccc(Cl)c(Cl)c1. The highest BCUT2D eigenvalue weighted by Crippen LogP contribution is 2.25. The normalized spacial score (nSPS) is 18.6. The van der Waals surface area contributed by atoms with Crippen molar-refractivity contribution in [2.24, 2.45) is 0 Å². The third kappa shape index (κ3) is 4.24. The maximum absolute atomic E-state index is 12.0. The summed E-state index contributed by atoms with van der Waals surface area (Å²) in [6.07, 6.45) is 0.0216. The Morgan fingerprint density at radius 3 is 2.95 bits per heavy atom. The molecule has 20 heavy (non-hydrogen) atoms. The number of halogens is 2. The Morgan fingerprint density at radius 2 is 2.30 bits per heavy atom. The molecule has 1 saturated heterocycles. The van der Waals surface area contributed by atoms with Crippen molar-refractivity contribution in [3.8, 4) is 0 Å². The molecule has 0 aliphatic carbocycles. The van der Waals surface area contributed by atoms with Gasteiger partial charge in [0.15, 0.2) is 0 Å². The number of anilines is 1. The number of nitrogens with zero attached hydrogens (tertiary/aromatic N) is 1. The maximum atomic E-state index is 12.0. The van der Waals surface area contributed by atoms with Gasteiger partial charge in [-0.25, -0.2) is 4.79 Å². The summed E-state index contributed by atoms with van der Waals surface area (Å²) in [6.45, 7) is 2.81. The summed E-state index contributed by atoms with van der Waals surface area (Å²) in [5.41, 5.74) is 0.610. The van der Waals surface area contributed by atoms with E-state index in [1.165, 1.54) is 0 Å². The summed E-state index contributed by atoms with van der Waals surface area (Å²) in [7, 11) is 1.73. The lowest BCUT2D eigenvalue weighted by atomic mass is 10.3. The fraction of sp³-hybridized carbons (Fsp3) is 0.462. The average molecular weight is 318 g/mol. The zero-order valence-corrected chi connectivity index (χ0v) is 12.7. The first-order chi connectivity index (χ1) is 9.56. The minimum Gasteiger partial charge on any atom is -0.374 e. The Bertz CT molecular complexity index is 479. The number of benzene rings is 1. The van der Waals surface area contributed by atoms with Crippen LogP contribution >= 0.6 is 23.2 Å². The lowest BCUT2D eigenvalue weighted by Crippen LogP contribution is -2.46. The molecule has 1 unspecified atom stereocenters. The molecule has 1 heterocycles. The van der Waals surface area contributed by atoms with Gasteiger partial charge in [-0.1, -0.05) is 23.2 Å². The predicted octanol–water partition coefficient (Wildman–Crippen LogP) is 2.45. The molecule has 7 heteroatoms. The average Bonchev–Trinajstić information content (AvgIpc) is 2.44. The van der Waals surface area contributed by atoms with Gasteiger partial charge in [0.2, 0.25) is 0 Å². The molecule has 110 valence electrons. The molecule has 1 fully saturated rings. The van der Waals surface area contributed by atoms with Crippen LogP contribution in [0.25, 0.3) is 0 Å². The number of carbonyl (C=O) groups excluding carboxylic acids is 1. The lowest BCUT2D eigenvalue weighted by Gasteiger charge is -2.28. The topological polar surface area (TPSA) is 53.6 Å². The van der Waals surface area contributed by atoms with Gasteiger partial charge in [-0.05, 0) is 18.2 Å². The van der Waals surface area contributed by atoms with Crippen molar-refractivity contribution < 1.29 is 9.53 Å². The van der Waals surface area contributed by atoms with E-state index in [-0.39, 0.29) is 12.1 Å². The van der Waals surface area contributed by atoms with Crippen molar-refractivity contribution in [3.05, 3.63) is 28.2 Å². The Morgan fingerprint density at radius 1 is 1.50 bits per heavy atom. The van der Waals surface area contributed by atoms with Crippen molar-refractivity contribution in [2.75, 3.05) is 38.6 Å². The molecular formula is C13H17Cl2N3O2. The van der Waals surface area contributed by atoms with Gasteiger partial charge < -0.3 is 20.3 Å². The van der Waals surface area contributed by atoms with Crippen LogP contribution in [0.1, 0.15) is 0 Å². The molecule has 1 aromatic carbocycles. The van der Waals surface area contributed by atoms with Crippen molar-refractivity contribution in [3.63, 3.8) is 0 Å². The van der Waals surface area contributed by atoms with Crippen LogP contribution in [0.2, 0.25) is 10.0 Å². The summed E-state index contributed by atoms with van der Waals surface area (Å²) in [6, 6.07) is 4.76. The van der Waals surface area contributed by atoms with Crippen LogP contribution in [0.15, 0.2) is 18.2 Å². The second kappa shape index (κ2) is 7.13. The van der Waals surface area contributed by atoms with Gasteiger partial charge in [0.25, 0.3) is 0 Å². The van der Waals surface area contributed by atoms with E-state index in [1.54, 1.807) is 30.1 Å². The van der Waals surface area contributed by atoms with E-state index in [4.69, 9.17) is 27.9 Å². The number of urea groups is 1. The molecule has 1 aliphatic rings. The van der Waals surface area contributed by atoms with E-state index in [0.717, 1.165) is 13.1 Å². The first-order valence-electron chi connectivity index (χ1n) is 6.36. The van der Waals surface area contributed by atoms with Crippen LogP contribution < -0.4 is 10.6 Å². The monoisotopic (exact) mass is 317 g/mol. The van der Waals surface area contributed by atoms with E-state index in [0.29, 0.717) is 28.9 Å². The van der Waals surface area contributed by atoms with Crippen LogP contribution in [0, 0.1) is 0 Å². The van der Waals surface area contributed by atoms with E-state index >= 15 is 0 Å². The van der Waals surface area contributed by atoms with Crippen LogP contribution in [-0.4, -0.2) is 50.3 Å². The smallest absolute Gasteiger partial charge is 0.321 e. The number of nitrogens with one attached hydrogen (secondary N) is 2. The van der Waals surface area contributed by atoms with Crippen LogP contribution in [-0.2, 0) is 4.74 Å². The van der Waals surface area contributed by atoms with Gasteiger partial charge in [-0.3, -0.25) is 0 Å². The largest absolute Gasteiger partial charge is 0.374 e. The summed E-state index contributed by atoms with van der Waals surface area (Å²) in [4.78, 5) is 13.6. The Labute approximate surface area is 128 Å². The first kappa shape index (κ1) is 15.4. The highest BCUT2D eigenvalue weighted by atomic mass is 35.5. The summed E-state index contributed by atoms with van der Waals surface area (Å²) < 4.78 is 5.56. The van der Waals surface area contributed by atoms with Crippen molar-refractivity contribution in [1.29, 1.82) is 0 Å². The van der Waals surface area contributed by atoms with Crippen LogP contribution in [0.5, 0.6) is 0 Å². The third-order valence-corrected chi connectivity index (χ3v) is 3.74. The molecule has 0 radical (unpaired) electrons. The molecule has 0 bridgehead atoms. The fourth-order valence-corrected chi connectivity index (χ4v) is 2.22. The molecule has 2 amide bonds. The van der Waals surface area contributed by atoms with E-state index in [2.05, 4.69) is 10.6 Å². The minimum atomic E-state index is -0.211. The number of hydrogen-bond acceptors (Lipinski definition) is 3. The summed E-state index contributed by atoms with van der Waals surface area (Å²) in [5, 5.41) is 6.86. The number of likely N-dealkylation sites (N-methyl/N-ethyl adjacent to an activating group) is 1. The van der Waals surface area contributed by atoms with Gasteiger partial charge in [-0.15, -0.1) is 0 Å². The number of ether oxygens (including phenoxy) is 1. The summed E-state index contributed by atoms with van der Waals surface area (Å²) >= 11 is 11.7. The number of morpholine rings is 1. The predicted molar refractivity (Wildman–Crippen MR) is 80.7 cm³/mol. The molecule has 1 aromatic rings. The zero-order chi connectivity index (χ0) is 14.5. The van der Waals surface area contributed by atoms with Gasteiger partial charge in [0.05, 0.1) is 22.8 Å². The molecule has 2 rings (SSSR count). The molecular weight excluding hydrogens is 301 g/mol.